The molecule has 1 atom stereocenters. The van der Waals surface area contributed by atoms with Crippen LogP contribution in [-0.2, 0) is 0 Å². The van der Waals surface area contributed by atoms with Crippen LogP contribution in [-0.4, -0.2) is 23.8 Å². The van der Waals surface area contributed by atoms with Crippen LogP contribution < -0.4 is 9.75 Å². The van der Waals surface area contributed by atoms with E-state index in [0.29, 0.717) is 29.5 Å². The van der Waals surface area contributed by atoms with E-state index < -0.39 is 4.92 Å². The van der Waals surface area contributed by atoms with Gasteiger partial charge in [0.15, 0.2) is 0 Å². The zero-order valence-corrected chi connectivity index (χ0v) is 12.7. The molecule has 0 bridgehead atoms. The zero-order chi connectivity index (χ0) is 16.0. The monoisotopic (exact) mass is 329 g/mol. The van der Waals surface area contributed by atoms with Crippen LogP contribution >= 0.6 is 11.6 Å². The average Bonchev–Trinajstić information content (AvgIpc) is 2.99. The second-order valence-electron chi connectivity index (χ2n) is 5.46. The van der Waals surface area contributed by atoms with Crippen LogP contribution in [0.25, 0.3) is 0 Å². The van der Waals surface area contributed by atoms with Crippen molar-refractivity contribution >= 4 is 28.7 Å². The quantitative estimate of drug-likeness (QED) is 0.625. The van der Waals surface area contributed by atoms with Crippen LogP contribution in [0.2, 0.25) is 5.02 Å². The molecule has 0 radical (unpaired) electrons. The summed E-state index contributed by atoms with van der Waals surface area (Å²) < 4.78 is 5.66. The summed E-state index contributed by atoms with van der Waals surface area (Å²) in [7, 11) is 0. The molecule has 1 unspecified atom stereocenters. The number of para-hydroxylation sites is 1. The summed E-state index contributed by atoms with van der Waals surface area (Å²) in [6.07, 6.45) is 0. The van der Waals surface area contributed by atoms with E-state index in [1.807, 2.05) is 35.3 Å². The molecule has 0 saturated carbocycles. The van der Waals surface area contributed by atoms with Gasteiger partial charge in [0.2, 0.25) is 5.75 Å². The van der Waals surface area contributed by atoms with Crippen LogP contribution in [0.15, 0.2) is 47.6 Å². The van der Waals surface area contributed by atoms with E-state index in [4.69, 9.17) is 16.3 Å². The minimum Gasteiger partial charge on any atom is -0.486 e. The van der Waals surface area contributed by atoms with E-state index in [2.05, 4.69) is 5.10 Å². The Balaban J connectivity index is 1.75. The molecule has 0 amide bonds. The minimum absolute atomic E-state index is 0.0198. The van der Waals surface area contributed by atoms with E-state index in [-0.39, 0.29) is 11.6 Å². The molecular formula is C16H12ClN3O3. The molecule has 2 aliphatic heterocycles. The number of fused-ring (bicyclic) bond motifs is 3. The molecule has 0 fully saturated rings. The molecule has 2 aromatic carbocycles. The molecule has 2 heterocycles. The summed E-state index contributed by atoms with van der Waals surface area (Å²) in [4.78, 5) is 10.7. The molecular weight excluding hydrogens is 318 g/mol. The van der Waals surface area contributed by atoms with Gasteiger partial charge >= 0.3 is 5.69 Å². The minimum atomic E-state index is -0.425. The van der Waals surface area contributed by atoms with E-state index in [1.54, 1.807) is 6.07 Å². The fraction of sp³-hybridized carbons (Fsp3) is 0.188. The van der Waals surface area contributed by atoms with Crippen LogP contribution in [0, 0.1) is 16.0 Å². The fourth-order valence-electron chi connectivity index (χ4n) is 2.94. The smallest absolute Gasteiger partial charge is 0.311 e. The van der Waals surface area contributed by atoms with Crippen molar-refractivity contribution in [3.8, 4) is 5.75 Å². The van der Waals surface area contributed by atoms with E-state index in [0.717, 1.165) is 11.4 Å². The highest BCUT2D eigenvalue weighted by Gasteiger charge is 2.37. The summed E-state index contributed by atoms with van der Waals surface area (Å²) in [5.41, 5.74) is 2.45. The number of hydrogen-bond acceptors (Lipinski definition) is 5. The van der Waals surface area contributed by atoms with Gasteiger partial charge in [0.25, 0.3) is 0 Å². The van der Waals surface area contributed by atoms with Crippen molar-refractivity contribution in [3.63, 3.8) is 0 Å². The third-order valence-electron chi connectivity index (χ3n) is 4.03. The molecule has 0 aromatic heterocycles. The normalized spacial score (nSPS) is 18.7. The standard InChI is InChI=1S/C16H12ClN3O3/c17-11-4-6-12(7-5-11)19-8-10-9-23-16-13(15(10)18-19)2-1-3-14(16)20(21)22/h1-7,10H,8-9H2. The van der Waals surface area contributed by atoms with E-state index >= 15 is 0 Å². The highest BCUT2D eigenvalue weighted by Crippen LogP contribution is 2.39. The topological polar surface area (TPSA) is 68.0 Å². The van der Waals surface area contributed by atoms with Crippen LogP contribution in [0.3, 0.4) is 0 Å². The zero-order valence-electron chi connectivity index (χ0n) is 12.0. The van der Waals surface area contributed by atoms with E-state index in [1.165, 1.54) is 6.07 Å². The van der Waals surface area contributed by atoms with Crippen LogP contribution in [0.1, 0.15) is 5.56 Å². The van der Waals surface area contributed by atoms with Gasteiger partial charge in [0, 0.05) is 16.7 Å². The van der Waals surface area contributed by atoms with Crippen LogP contribution in [0.4, 0.5) is 11.4 Å². The van der Waals surface area contributed by atoms with Crippen LogP contribution in [0.5, 0.6) is 5.75 Å². The molecule has 4 rings (SSSR count). The predicted octanol–water partition coefficient (Wildman–Crippen LogP) is 3.48. The van der Waals surface area contributed by atoms with E-state index in [9.17, 15) is 10.1 Å². The maximum Gasteiger partial charge on any atom is 0.311 e. The van der Waals surface area contributed by atoms with Crippen molar-refractivity contribution in [2.24, 2.45) is 11.0 Å². The van der Waals surface area contributed by atoms with Crippen molar-refractivity contribution < 1.29 is 9.66 Å². The lowest BCUT2D eigenvalue weighted by atomic mass is 9.94. The molecule has 0 spiro atoms. The van der Waals surface area contributed by atoms with Gasteiger partial charge in [0.05, 0.1) is 35.4 Å². The number of rotatable bonds is 2. The maximum absolute atomic E-state index is 11.1. The van der Waals surface area contributed by atoms with Gasteiger partial charge in [0.1, 0.15) is 0 Å². The Hall–Kier alpha value is -2.60. The number of hydrazone groups is 1. The van der Waals surface area contributed by atoms with Crippen molar-refractivity contribution in [1.82, 2.24) is 0 Å². The lowest BCUT2D eigenvalue weighted by molar-refractivity contribution is -0.386. The van der Waals surface area contributed by atoms with Gasteiger partial charge in [-0.05, 0) is 30.3 Å². The van der Waals surface area contributed by atoms with Gasteiger partial charge in [-0.1, -0.05) is 17.7 Å². The molecule has 2 aromatic rings. The molecule has 0 saturated heterocycles. The number of hydrogen-bond donors (Lipinski definition) is 0. The molecule has 0 N–H and O–H groups in total. The summed E-state index contributed by atoms with van der Waals surface area (Å²) in [6, 6.07) is 12.4. The highest BCUT2D eigenvalue weighted by atomic mass is 35.5. The van der Waals surface area contributed by atoms with Crippen molar-refractivity contribution in [1.29, 1.82) is 0 Å². The number of halogens is 1. The Bertz CT molecular complexity index is 820. The Labute approximate surface area is 137 Å². The molecule has 116 valence electrons. The summed E-state index contributed by atoms with van der Waals surface area (Å²) in [5, 5.41) is 18.4. The third kappa shape index (κ3) is 2.31. The number of benzene rings is 2. The highest BCUT2D eigenvalue weighted by molar-refractivity contribution is 6.30. The number of nitro groups is 1. The van der Waals surface area contributed by atoms with Crippen molar-refractivity contribution in [3.05, 3.63) is 63.2 Å². The molecule has 2 aliphatic rings. The van der Waals surface area contributed by atoms with Gasteiger partial charge in [-0.2, -0.15) is 5.10 Å². The Morgan fingerprint density at radius 2 is 2.04 bits per heavy atom. The maximum atomic E-state index is 11.1. The second kappa shape index (κ2) is 5.24. The Morgan fingerprint density at radius 1 is 1.26 bits per heavy atom. The summed E-state index contributed by atoms with van der Waals surface area (Å²) in [6.45, 7) is 1.07. The average molecular weight is 330 g/mol. The van der Waals surface area contributed by atoms with Crippen molar-refractivity contribution in [2.45, 2.75) is 0 Å². The number of ether oxygens (including phenoxy) is 1. The molecule has 7 heteroatoms. The SMILES string of the molecule is O=[N+]([O-])c1cccc2c1OCC1CN(c3ccc(Cl)cc3)N=C21. The molecule has 23 heavy (non-hydrogen) atoms. The largest absolute Gasteiger partial charge is 0.486 e. The Kier molecular flexibility index (Phi) is 3.20. The third-order valence-corrected chi connectivity index (χ3v) is 4.28. The van der Waals surface area contributed by atoms with Gasteiger partial charge < -0.3 is 4.74 Å². The van der Waals surface area contributed by atoms with Gasteiger partial charge in [-0.15, -0.1) is 0 Å². The first kappa shape index (κ1) is 14.0. The molecule has 6 nitrogen and oxygen atoms in total. The molecule has 0 aliphatic carbocycles. The fourth-order valence-corrected chi connectivity index (χ4v) is 3.06. The first-order valence-electron chi connectivity index (χ1n) is 7.15. The lowest BCUT2D eigenvalue weighted by Crippen LogP contribution is -2.29. The summed E-state index contributed by atoms with van der Waals surface area (Å²) in [5.74, 6) is 0.408. The number of anilines is 1. The predicted molar refractivity (Wildman–Crippen MR) is 87.4 cm³/mol. The van der Waals surface area contributed by atoms with Gasteiger partial charge in [-0.25, -0.2) is 0 Å². The Morgan fingerprint density at radius 3 is 2.78 bits per heavy atom. The summed E-state index contributed by atoms with van der Waals surface area (Å²) >= 11 is 5.92. The first-order valence-corrected chi connectivity index (χ1v) is 7.53. The number of nitro benzene ring substituents is 1. The number of nitrogens with zero attached hydrogens (tertiary/aromatic N) is 3. The van der Waals surface area contributed by atoms with Crippen molar-refractivity contribution in [2.75, 3.05) is 18.2 Å². The first-order chi connectivity index (χ1) is 11.1. The van der Waals surface area contributed by atoms with Gasteiger partial charge in [-0.3, -0.25) is 15.1 Å². The second-order valence-corrected chi connectivity index (χ2v) is 5.90. The lowest BCUT2D eigenvalue weighted by Gasteiger charge is -2.22.